The number of likely N-dealkylation sites (N-methyl/N-ethyl adjacent to an activating group) is 1. The number of nitrogens with zero attached hydrogens (tertiary/aromatic N) is 2. The summed E-state index contributed by atoms with van der Waals surface area (Å²) < 4.78 is 5.71. The fourth-order valence-electron chi connectivity index (χ4n) is 3.39. The maximum Gasteiger partial charge on any atom is 0.120 e. The van der Waals surface area contributed by atoms with Gasteiger partial charge in [0.1, 0.15) is 6.10 Å². The van der Waals surface area contributed by atoms with E-state index < -0.39 is 0 Å². The van der Waals surface area contributed by atoms with E-state index in [1.165, 1.54) is 11.1 Å². The molecule has 0 fully saturated rings. The molecule has 1 N–H and O–H groups in total. The van der Waals surface area contributed by atoms with E-state index in [0.717, 1.165) is 34.9 Å². The summed E-state index contributed by atoms with van der Waals surface area (Å²) in [7, 11) is 3.83. The fraction of sp³-hybridized carbons (Fsp3) is 0.389. The van der Waals surface area contributed by atoms with Crippen LogP contribution in [-0.4, -0.2) is 35.9 Å². The second-order valence-corrected chi connectivity index (χ2v) is 5.74. The molecule has 0 radical (unpaired) electrons. The van der Waals surface area contributed by atoms with Crippen molar-refractivity contribution in [1.29, 1.82) is 0 Å². The molecule has 0 saturated heterocycles. The van der Waals surface area contributed by atoms with Crippen molar-refractivity contribution in [2.45, 2.75) is 33.3 Å². The van der Waals surface area contributed by atoms with Crippen molar-refractivity contribution < 1.29 is 4.74 Å². The normalized spacial score (nSPS) is 25.1. The van der Waals surface area contributed by atoms with E-state index in [2.05, 4.69) is 49.8 Å². The van der Waals surface area contributed by atoms with Crippen molar-refractivity contribution in [3.8, 4) is 0 Å². The standard InChI is InChI=1S/C18H23N3O/c1-6-13-11(2)17(20-12(13)3)18-16(22-5)10-15(21(18)4)14-8-7-9-19-14/h7-10,16,19H,6H2,1-5H3. The van der Waals surface area contributed by atoms with Gasteiger partial charge >= 0.3 is 0 Å². The van der Waals surface area contributed by atoms with Gasteiger partial charge in [0.05, 0.1) is 22.8 Å². The zero-order chi connectivity index (χ0) is 15.9. The molecule has 1 aromatic heterocycles. The Hall–Kier alpha value is -2.07. The lowest BCUT2D eigenvalue weighted by atomic mass is 10.0. The molecule has 0 bridgehead atoms. The lowest BCUT2D eigenvalue weighted by Crippen LogP contribution is -2.20. The second-order valence-electron chi connectivity index (χ2n) is 5.74. The number of allylic oxidation sites excluding steroid dienone is 2. The van der Waals surface area contributed by atoms with Gasteiger partial charge in [-0.05, 0) is 49.6 Å². The molecule has 0 spiro atoms. The van der Waals surface area contributed by atoms with E-state index >= 15 is 0 Å². The van der Waals surface area contributed by atoms with Crippen LogP contribution in [0.15, 0.2) is 51.9 Å². The van der Waals surface area contributed by atoms with Crippen molar-refractivity contribution in [3.63, 3.8) is 0 Å². The van der Waals surface area contributed by atoms with E-state index in [1.54, 1.807) is 7.11 Å². The van der Waals surface area contributed by atoms with Crippen molar-refractivity contribution >= 4 is 11.4 Å². The SMILES string of the molecule is CCC1=C(C)C(=C2C(OC)C=C(c3ccc[nH]3)N2C)N=C1C. The number of aromatic amines is 1. The Balaban J connectivity index is 2.10. The molecule has 22 heavy (non-hydrogen) atoms. The van der Waals surface area contributed by atoms with Crippen molar-refractivity contribution in [2.24, 2.45) is 4.99 Å². The monoisotopic (exact) mass is 297 g/mol. The summed E-state index contributed by atoms with van der Waals surface area (Å²) in [5.41, 5.74) is 8.14. The molecule has 4 nitrogen and oxygen atoms in total. The average Bonchev–Trinajstić information content (AvgIpc) is 3.18. The van der Waals surface area contributed by atoms with Gasteiger partial charge in [-0.25, -0.2) is 0 Å². The van der Waals surface area contributed by atoms with E-state index in [4.69, 9.17) is 9.73 Å². The highest BCUT2D eigenvalue weighted by Gasteiger charge is 2.33. The molecular formula is C18H23N3O. The van der Waals surface area contributed by atoms with Crippen LogP contribution in [0.4, 0.5) is 0 Å². The predicted molar refractivity (Wildman–Crippen MR) is 90.5 cm³/mol. The van der Waals surface area contributed by atoms with Gasteiger partial charge in [-0.1, -0.05) is 6.92 Å². The van der Waals surface area contributed by atoms with E-state index in [-0.39, 0.29) is 6.10 Å². The molecule has 1 atom stereocenters. The number of H-pyrrole nitrogens is 1. The van der Waals surface area contributed by atoms with Gasteiger partial charge in [0, 0.05) is 26.1 Å². The molecule has 4 heteroatoms. The van der Waals surface area contributed by atoms with Crippen LogP contribution < -0.4 is 0 Å². The maximum atomic E-state index is 5.71. The summed E-state index contributed by atoms with van der Waals surface area (Å²) in [5.74, 6) is 0. The summed E-state index contributed by atoms with van der Waals surface area (Å²) in [6, 6.07) is 4.08. The van der Waals surface area contributed by atoms with Crippen LogP contribution in [0.25, 0.3) is 5.70 Å². The third-order valence-electron chi connectivity index (χ3n) is 4.55. The molecule has 3 heterocycles. The van der Waals surface area contributed by atoms with Gasteiger partial charge in [-0.2, -0.15) is 0 Å². The van der Waals surface area contributed by atoms with Gasteiger partial charge in [-0.15, -0.1) is 0 Å². The highest BCUT2D eigenvalue weighted by Crippen LogP contribution is 2.39. The summed E-state index contributed by atoms with van der Waals surface area (Å²) in [6.45, 7) is 6.43. The van der Waals surface area contributed by atoms with E-state index in [0.29, 0.717) is 0 Å². The van der Waals surface area contributed by atoms with Gasteiger partial charge in [0.25, 0.3) is 0 Å². The van der Waals surface area contributed by atoms with Gasteiger partial charge in [-0.3, -0.25) is 4.99 Å². The highest BCUT2D eigenvalue weighted by molar-refractivity contribution is 6.03. The zero-order valence-corrected chi connectivity index (χ0v) is 13.9. The quantitative estimate of drug-likeness (QED) is 0.923. The number of rotatable bonds is 3. The molecule has 1 aromatic rings. The molecular weight excluding hydrogens is 274 g/mol. The first-order valence-corrected chi connectivity index (χ1v) is 7.70. The van der Waals surface area contributed by atoms with E-state index in [9.17, 15) is 0 Å². The van der Waals surface area contributed by atoms with Gasteiger partial charge in [0.2, 0.25) is 0 Å². The number of nitrogens with one attached hydrogen (secondary N) is 1. The molecule has 3 rings (SSSR count). The molecule has 0 aromatic carbocycles. The maximum absolute atomic E-state index is 5.71. The van der Waals surface area contributed by atoms with E-state index in [1.807, 2.05) is 12.3 Å². The number of aliphatic imine (C=N–C) groups is 1. The van der Waals surface area contributed by atoms with Crippen LogP contribution in [0.5, 0.6) is 0 Å². The summed E-state index contributed by atoms with van der Waals surface area (Å²) >= 11 is 0. The van der Waals surface area contributed by atoms with Crippen molar-refractivity contribution in [2.75, 3.05) is 14.2 Å². The number of aromatic nitrogens is 1. The summed E-state index contributed by atoms with van der Waals surface area (Å²) in [5, 5.41) is 0. The van der Waals surface area contributed by atoms with Crippen LogP contribution >= 0.6 is 0 Å². The Morgan fingerprint density at radius 1 is 1.36 bits per heavy atom. The Morgan fingerprint density at radius 3 is 2.68 bits per heavy atom. The summed E-state index contributed by atoms with van der Waals surface area (Å²) in [6.07, 6.45) is 5.03. The fourth-order valence-corrected chi connectivity index (χ4v) is 3.39. The highest BCUT2D eigenvalue weighted by atomic mass is 16.5. The number of hydrogen-bond donors (Lipinski definition) is 1. The number of ether oxygens (including phenoxy) is 1. The Labute approximate surface area is 131 Å². The Bertz CT molecular complexity index is 705. The van der Waals surface area contributed by atoms with Crippen LogP contribution in [0.3, 0.4) is 0 Å². The van der Waals surface area contributed by atoms with Crippen LogP contribution in [0.2, 0.25) is 0 Å². The van der Waals surface area contributed by atoms with Crippen LogP contribution in [0.1, 0.15) is 32.9 Å². The number of hydrogen-bond acceptors (Lipinski definition) is 3. The van der Waals surface area contributed by atoms with Crippen molar-refractivity contribution in [3.05, 3.63) is 52.6 Å². The minimum Gasteiger partial charge on any atom is -0.371 e. The first-order chi connectivity index (χ1) is 10.6. The molecule has 1 unspecified atom stereocenters. The minimum atomic E-state index is -0.0685. The lowest BCUT2D eigenvalue weighted by molar-refractivity contribution is 0.160. The Morgan fingerprint density at radius 2 is 2.14 bits per heavy atom. The number of methoxy groups -OCH3 is 1. The molecule has 2 aliphatic heterocycles. The minimum absolute atomic E-state index is 0.0685. The molecule has 116 valence electrons. The smallest absolute Gasteiger partial charge is 0.120 e. The van der Waals surface area contributed by atoms with Gasteiger partial charge < -0.3 is 14.6 Å². The third-order valence-corrected chi connectivity index (χ3v) is 4.55. The zero-order valence-electron chi connectivity index (χ0n) is 13.9. The molecule has 0 saturated carbocycles. The average molecular weight is 297 g/mol. The predicted octanol–water partition coefficient (Wildman–Crippen LogP) is 3.73. The van der Waals surface area contributed by atoms with Crippen LogP contribution in [0, 0.1) is 0 Å². The largest absolute Gasteiger partial charge is 0.371 e. The summed E-state index contributed by atoms with van der Waals surface area (Å²) in [4.78, 5) is 10.3. The lowest BCUT2D eigenvalue weighted by Gasteiger charge is -2.22. The molecule has 2 aliphatic rings. The first-order valence-electron chi connectivity index (χ1n) is 7.70. The third kappa shape index (κ3) is 2.15. The molecule has 0 amide bonds. The van der Waals surface area contributed by atoms with Crippen molar-refractivity contribution in [1.82, 2.24) is 9.88 Å². The second kappa shape index (κ2) is 5.61. The first kappa shape index (κ1) is 14.9. The van der Waals surface area contributed by atoms with Gasteiger partial charge in [0.15, 0.2) is 0 Å². The Kier molecular flexibility index (Phi) is 3.79. The topological polar surface area (TPSA) is 40.6 Å². The van der Waals surface area contributed by atoms with Crippen LogP contribution in [-0.2, 0) is 4.74 Å². The molecule has 0 aliphatic carbocycles.